The van der Waals surface area contributed by atoms with E-state index in [1.54, 1.807) is 23.1 Å². The maximum Gasteiger partial charge on any atom is 0.335 e. The van der Waals surface area contributed by atoms with Crippen molar-refractivity contribution in [3.05, 3.63) is 34.9 Å². The van der Waals surface area contributed by atoms with Gasteiger partial charge in [0.15, 0.2) is 0 Å². The molecule has 1 aliphatic rings. The number of aromatic carboxylic acids is 1. The molecule has 5 heteroatoms. The molecule has 3 N–H and O–H groups in total. The highest BCUT2D eigenvalue weighted by Crippen LogP contribution is 2.24. The molecule has 1 heterocycles. The van der Waals surface area contributed by atoms with Crippen LogP contribution in [0.25, 0.3) is 0 Å². The molecule has 1 aromatic carbocycles. The van der Waals surface area contributed by atoms with Gasteiger partial charge in [-0.2, -0.15) is 0 Å². The highest BCUT2D eigenvalue weighted by Gasteiger charge is 2.27. The first kappa shape index (κ1) is 14.5. The van der Waals surface area contributed by atoms with Gasteiger partial charge in [-0.15, -0.1) is 0 Å². The van der Waals surface area contributed by atoms with E-state index in [2.05, 4.69) is 6.92 Å². The van der Waals surface area contributed by atoms with Crippen molar-refractivity contribution in [1.29, 1.82) is 0 Å². The molecule has 0 aliphatic carbocycles. The van der Waals surface area contributed by atoms with Crippen molar-refractivity contribution in [2.45, 2.75) is 45.3 Å². The van der Waals surface area contributed by atoms with Gasteiger partial charge in [-0.3, -0.25) is 4.79 Å². The van der Waals surface area contributed by atoms with Gasteiger partial charge in [0.05, 0.1) is 11.6 Å². The Labute approximate surface area is 118 Å². The van der Waals surface area contributed by atoms with Crippen LogP contribution in [0, 0.1) is 0 Å². The van der Waals surface area contributed by atoms with Crippen molar-refractivity contribution in [2.24, 2.45) is 5.73 Å². The first-order valence-corrected chi connectivity index (χ1v) is 6.92. The highest BCUT2D eigenvalue weighted by molar-refractivity contribution is 5.88. The van der Waals surface area contributed by atoms with Crippen molar-refractivity contribution in [2.75, 3.05) is 0 Å². The molecule has 20 heavy (non-hydrogen) atoms. The maximum atomic E-state index is 12.2. The predicted molar refractivity (Wildman–Crippen MR) is 75.2 cm³/mol. The molecule has 108 valence electrons. The fourth-order valence-electron chi connectivity index (χ4n) is 2.47. The number of amides is 1. The second-order valence-electron chi connectivity index (χ2n) is 5.23. The molecule has 2 rings (SSSR count). The van der Waals surface area contributed by atoms with Crippen molar-refractivity contribution >= 4 is 11.9 Å². The van der Waals surface area contributed by atoms with E-state index in [4.69, 9.17) is 10.8 Å². The third-order valence-electron chi connectivity index (χ3n) is 3.67. The molecule has 0 saturated carbocycles. The quantitative estimate of drug-likeness (QED) is 0.858. The van der Waals surface area contributed by atoms with Gasteiger partial charge in [0.2, 0.25) is 5.91 Å². The molecule has 0 saturated heterocycles. The standard InChI is InChI=1S/C15H20N2O3/c1-2-3-4-13(16)14(18)17-8-11-6-5-10(15(19)20)7-12(11)9-17/h5-7,13H,2-4,8-9,16H2,1H3,(H,19,20). The van der Waals surface area contributed by atoms with Crippen molar-refractivity contribution in [1.82, 2.24) is 4.90 Å². The first-order chi connectivity index (χ1) is 9.52. The van der Waals surface area contributed by atoms with E-state index in [1.807, 2.05) is 0 Å². The fraction of sp³-hybridized carbons (Fsp3) is 0.467. The number of fused-ring (bicyclic) bond motifs is 1. The lowest BCUT2D eigenvalue weighted by molar-refractivity contribution is -0.133. The van der Waals surface area contributed by atoms with Crippen molar-refractivity contribution in [3.63, 3.8) is 0 Å². The Bertz CT molecular complexity index is 528. The van der Waals surface area contributed by atoms with Crippen LogP contribution in [-0.4, -0.2) is 27.9 Å². The zero-order valence-electron chi connectivity index (χ0n) is 11.6. The minimum atomic E-state index is -0.947. The summed E-state index contributed by atoms with van der Waals surface area (Å²) in [7, 11) is 0. The topological polar surface area (TPSA) is 83.6 Å². The first-order valence-electron chi connectivity index (χ1n) is 6.92. The van der Waals surface area contributed by atoms with Crippen LogP contribution in [0.2, 0.25) is 0 Å². The Morgan fingerprint density at radius 1 is 1.35 bits per heavy atom. The summed E-state index contributed by atoms with van der Waals surface area (Å²) in [6.45, 7) is 3.04. The lowest BCUT2D eigenvalue weighted by Gasteiger charge is -2.20. The molecule has 1 amide bonds. The lowest BCUT2D eigenvalue weighted by Crippen LogP contribution is -2.41. The number of benzene rings is 1. The molecule has 1 aliphatic heterocycles. The third-order valence-corrected chi connectivity index (χ3v) is 3.67. The number of unbranched alkanes of at least 4 members (excludes halogenated alkanes) is 1. The van der Waals surface area contributed by atoms with E-state index in [-0.39, 0.29) is 11.5 Å². The van der Waals surface area contributed by atoms with Crippen LogP contribution in [0.5, 0.6) is 0 Å². The van der Waals surface area contributed by atoms with Gasteiger partial charge in [-0.1, -0.05) is 25.8 Å². The van der Waals surface area contributed by atoms with Crippen LogP contribution < -0.4 is 5.73 Å². The summed E-state index contributed by atoms with van der Waals surface area (Å²) >= 11 is 0. The minimum absolute atomic E-state index is 0.0495. The molecule has 0 aromatic heterocycles. The summed E-state index contributed by atoms with van der Waals surface area (Å²) in [6.07, 6.45) is 2.66. The molecular formula is C15H20N2O3. The van der Waals surface area contributed by atoms with E-state index >= 15 is 0 Å². The van der Waals surface area contributed by atoms with Crippen LogP contribution in [0.4, 0.5) is 0 Å². The molecular weight excluding hydrogens is 256 g/mol. The van der Waals surface area contributed by atoms with E-state index < -0.39 is 12.0 Å². The van der Waals surface area contributed by atoms with Gasteiger partial charge in [-0.25, -0.2) is 4.79 Å². The van der Waals surface area contributed by atoms with Crippen LogP contribution in [0.1, 0.15) is 47.7 Å². The molecule has 1 unspecified atom stereocenters. The number of hydrogen-bond acceptors (Lipinski definition) is 3. The second kappa shape index (κ2) is 6.05. The van der Waals surface area contributed by atoms with Crippen LogP contribution in [-0.2, 0) is 17.9 Å². The van der Waals surface area contributed by atoms with Gasteiger partial charge < -0.3 is 15.7 Å². The van der Waals surface area contributed by atoms with E-state index in [0.717, 1.165) is 24.0 Å². The summed E-state index contributed by atoms with van der Waals surface area (Å²) < 4.78 is 0. The smallest absolute Gasteiger partial charge is 0.335 e. The normalized spacial score (nSPS) is 15.0. The number of carboxylic acids is 1. The number of rotatable bonds is 5. The number of nitrogens with zero attached hydrogens (tertiary/aromatic N) is 1. The molecule has 0 radical (unpaired) electrons. The number of carbonyl (C=O) groups is 2. The summed E-state index contributed by atoms with van der Waals surface area (Å²) in [5.41, 5.74) is 8.08. The third kappa shape index (κ3) is 2.99. The summed E-state index contributed by atoms with van der Waals surface area (Å²) in [6, 6.07) is 4.54. The van der Waals surface area contributed by atoms with Crippen molar-refractivity contribution < 1.29 is 14.7 Å². The van der Waals surface area contributed by atoms with E-state index in [9.17, 15) is 9.59 Å². The number of carbonyl (C=O) groups excluding carboxylic acids is 1. The van der Waals surface area contributed by atoms with Gasteiger partial charge in [-0.05, 0) is 29.7 Å². The van der Waals surface area contributed by atoms with Crippen molar-refractivity contribution in [3.8, 4) is 0 Å². The average Bonchev–Trinajstić information content (AvgIpc) is 2.86. The zero-order valence-corrected chi connectivity index (χ0v) is 11.6. The average molecular weight is 276 g/mol. The Hall–Kier alpha value is -1.88. The second-order valence-corrected chi connectivity index (χ2v) is 5.23. The maximum absolute atomic E-state index is 12.2. The number of nitrogens with two attached hydrogens (primary N) is 1. The van der Waals surface area contributed by atoms with Gasteiger partial charge in [0.1, 0.15) is 0 Å². The summed E-state index contributed by atoms with van der Waals surface area (Å²) in [4.78, 5) is 24.9. The monoisotopic (exact) mass is 276 g/mol. The molecule has 1 aromatic rings. The van der Waals surface area contributed by atoms with Crippen LogP contribution >= 0.6 is 0 Å². The summed E-state index contributed by atoms with van der Waals surface area (Å²) in [5, 5.41) is 8.98. The summed E-state index contributed by atoms with van der Waals surface area (Å²) in [5.74, 6) is -0.997. The minimum Gasteiger partial charge on any atom is -0.478 e. The van der Waals surface area contributed by atoms with E-state index in [1.165, 1.54) is 0 Å². The van der Waals surface area contributed by atoms with Gasteiger partial charge in [0, 0.05) is 13.1 Å². The lowest BCUT2D eigenvalue weighted by atomic mass is 10.1. The Kier molecular flexibility index (Phi) is 4.39. The Balaban J connectivity index is 2.05. The van der Waals surface area contributed by atoms with Gasteiger partial charge >= 0.3 is 5.97 Å². The van der Waals surface area contributed by atoms with Crippen LogP contribution in [0.3, 0.4) is 0 Å². The van der Waals surface area contributed by atoms with Crippen LogP contribution in [0.15, 0.2) is 18.2 Å². The zero-order chi connectivity index (χ0) is 14.7. The number of carboxylic acid groups (broad SMARTS) is 1. The van der Waals surface area contributed by atoms with Gasteiger partial charge in [0.25, 0.3) is 0 Å². The molecule has 0 spiro atoms. The predicted octanol–water partition coefficient (Wildman–Crippen LogP) is 1.74. The molecule has 1 atom stereocenters. The highest BCUT2D eigenvalue weighted by atomic mass is 16.4. The Morgan fingerprint density at radius 2 is 2.05 bits per heavy atom. The Morgan fingerprint density at radius 3 is 2.70 bits per heavy atom. The molecule has 0 fully saturated rings. The fourth-order valence-corrected chi connectivity index (χ4v) is 2.47. The number of hydrogen-bond donors (Lipinski definition) is 2. The largest absolute Gasteiger partial charge is 0.478 e. The SMILES string of the molecule is CCCCC(N)C(=O)N1Cc2ccc(C(=O)O)cc2C1. The van der Waals surface area contributed by atoms with E-state index in [0.29, 0.717) is 19.5 Å². The molecule has 5 nitrogen and oxygen atoms in total. The molecule has 0 bridgehead atoms.